The van der Waals surface area contributed by atoms with Crippen LogP contribution in [0.4, 0.5) is 0 Å². The average molecular weight is 519 g/mol. The fraction of sp³-hybridized carbons (Fsp3) is 0.619. The highest BCUT2D eigenvalue weighted by atomic mass is 127. The molecule has 0 fully saturated rings. The zero-order valence-corrected chi connectivity index (χ0v) is 20.6. The predicted octanol–water partition coefficient (Wildman–Crippen LogP) is 2.73. The van der Waals surface area contributed by atoms with Gasteiger partial charge in [0, 0.05) is 12.6 Å². The monoisotopic (exact) mass is 519 g/mol. The molecule has 166 valence electrons. The van der Waals surface area contributed by atoms with Crippen LogP contribution in [0.25, 0.3) is 0 Å². The Morgan fingerprint density at radius 1 is 1.28 bits per heavy atom. The molecule has 0 heterocycles. The first-order valence-electron chi connectivity index (χ1n) is 10.3. The Hall–Kier alpha value is -1.55. The van der Waals surface area contributed by atoms with Crippen LogP contribution in [0.5, 0.6) is 5.75 Å². The first kappa shape index (κ1) is 27.5. The summed E-state index contributed by atoms with van der Waals surface area (Å²) in [6.45, 7) is 13.2. The summed E-state index contributed by atoms with van der Waals surface area (Å²) in [6, 6.07) is 7.90. The van der Waals surface area contributed by atoms with Gasteiger partial charge < -0.3 is 26.0 Å². The third-order valence-corrected chi connectivity index (χ3v) is 4.43. The molecule has 0 aliphatic rings. The van der Waals surface area contributed by atoms with Crippen LogP contribution in [0.1, 0.15) is 46.1 Å². The third-order valence-electron chi connectivity index (χ3n) is 4.43. The van der Waals surface area contributed by atoms with Crippen molar-refractivity contribution < 1.29 is 9.53 Å². The molecule has 1 amide bonds. The summed E-state index contributed by atoms with van der Waals surface area (Å²) in [6.07, 6.45) is 2.26. The molecule has 1 aromatic rings. The van der Waals surface area contributed by atoms with E-state index in [0.29, 0.717) is 18.3 Å². The van der Waals surface area contributed by atoms with Crippen molar-refractivity contribution in [3.63, 3.8) is 0 Å². The van der Waals surface area contributed by atoms with Gasteiger partial charge in [-0.25, -0.2) is 4.99 Å². The van der Waals surface area contributed by atoms with Crippen molar-refractivity contribution in [3.05, 3.63) is 29.8 Å². The molecule has 29 heavy (non-hydrogen) atoms. The molecule has 1 rings (SSSR count). The molecule has 1 unspecified atom stereocenters. The summed E-state index contributed by atoms with van der Waals surface area (Å²) in [5, 5.41) is 6.78. The SMILES string of the molecule is CCNC(=NCc1cccc(OCC(N)=O)c1)NC(C)CCCN(CC)CC.I. The molecule has 7 nitrogen and oxygen atoms in total. The Bertz CT molecular complexity index is 608. The zero-order valence-electron chi connectivity index (χ0n) is 18.2. The average Bonchev–Trinajstić information content (AvgIpc) is 2.68. The highest BCUT2D eigenvalue weighted by Gasteiger charge is 2.07. The summed E-state index contributed by atoms with van der Waals surface area (Å²) < 4.78 is 5.35. The van der Waals surface area contributed by atoms with E-state index in [0.717, 1.165) is 50.5 Å². The van der Waals surface area contributed by atoms with Crippen LogP contribution in [0, 0.1) is 0 Å². The third kappa shape index (κ3) is 12.6. The topological polar surface area (TPSA) is 92.0 Å². The van der Waals surface area contributed by atoms with Gasteiger partial charge in [-0.15, -0.1) is 24.0 Å². The Morgan fingerprint density at radius 3 is 2.62 bits per heavy atom. The minimum atomic E-state index is -0.489. The molecule has 0 aromatic heterocycles. The molecule has 0 aliphatic carbocycles. The van der Waals surface area contributed by atoms with Gasteiger partial charge in [0.1, 0.15) is 5.75 Å². The molecule has 0 radical (unpaired) electrons. The first-order valence-corrected chi connectivity index (χ1v) is 10.3. The summed E-state index contributed by atoms with van der Waals surface area (Å²) in [4.78, 5) is 18.0. The van der Waals surface area contributed by atoms with Gasteiger partial charge in [0.05, 0.1) is 6.54 Å². The number of hydrogen-bond acceptors (Lipinski definition) is 4. The first-order chi connectivity index (χ1) is 13.5. The van der Waals surface area contributed by atoms with Gasteiger partial charge in [-0.2, -0.15) is 0 Å². The molecule has 0 spiro atoms. The van der Waals surface area contributed by atoms with E-state index in [4.69, 9.17) is 10.5 Å². The maximum atomic E-state index is 10.8. The number of guanidine groups is 1. The second-order valence-electron chi connectivity index (χ2n) is 6.81. The molecule has 8 heteroatoms. The van der Waals surface area contributed by atoms with Crippen molar-refractivity contribution in [1.82, 2.24) is 15.5 Å². The zero-order chi connectivity index (χ0) is 20.8. The number of carbonyl (C=O) groups is 1. The van der Waals surface area contributed by atoms with Gasteiger partial charge in [-0.3, -0.25) is 4.79 Å². The van der Waals surface area contributed by atoms with Gasteiger partial charge in [0.15, 0.2) is 12.6 Å². The lowest BCUT2D eigenvalue weighted by molar-refractivity contribution is -0.119. The highest BCUT2D eigenvalue weighted by Crippen LogP contribution is 2.14. The molecule has 1 aromatic carbocycles. The minimum absolute atomic E-state index is 0. The lowest BCUT2D eigenvalue weighted by atomic mass is 10.2. The molecule has 0 saturated carbocycles. The fourth-order valence-corrected chi connectivity index (χ4v) is 2.84. The van der Waals surface area contributed by atoms with Crippen LogP contribution in [-0.2, 0) is 11.3 Å². The summed E-state index contributed by atoms with van der Waals surface area (Å²) in [7, 11) is 0. The van der Waals surface area contributed by atoms with Crippen LogP contribution in [0.2, 0.25) is 0 Å². The normalized spacial score (nSPS) is 12.2. The lowest BCUT2D eigenvalue weighted by Crippen LogP contribution is -2.42. The lowest BCUT2D eigenvalue weighted by Gasteiger charge is -2.21. The van der Waals surface area contributed by atoms with Gasteiger partial charge in [-0.05, 0) is 64.0 Å². The largest absolute Gasteiger partial charge is 0.484 e. The van der Waals surface area contributed by atoms with E-state index >= 15 is 0 Å². The number of nitrogens with zero attached hydrogens (tertiary/aromatic N) is 2. The maximum Gasteiger partial charge on any atom is 0.255 e. The van der Waals surface area contributed by atoms with Gasteiger partial charge in [0.2, 0.25) is 0 Å². The van der Waals surface area contributed by atoms with E-state index in [2.05, 4.69) is 48.2 Å². The quantitative estimate of drug-likeness (QED) is 0.212. The van der Waals surface area contributed by atoms with E-state index in [1.165, 1.54) is 0 Å². The van der Waals surface area contributed by atoms with Gasteiger partial charge in [-0.1, -0.05) is 26.0 Å². The van der Waals surface area contributed by atoms with Crippen molar-refractivity contribution >= 4 is 35.8 Å². The Labute approximate surface area is 192 Å². The van der Waals surface area contributed by atoms with Crippen LogP contribution in [0.15, 0.2) is 29.3 Å². The standard InChI is InChI=1S/C21H37N5O2.HI/c1-5-23-21(25-17(4)10-9-13-26(6-2)7-3)24-15-18-11-8-12-19(14-18)28-16-20(22)27;/h8,11-12,14,17H,5-7,9-10,13,15-16H2,1-4H3,(H2,22,27)(H2,23,24,25);1H. The summed E-state index contributed by atoms with van der Waals surface area (Å²) in [5.74, 6) is 0.938. The number of rotatable bonds is 13. The number of aliphatic imine (C=N–C) groups is 1. The number of halogens is 1. The molecular formula is C21H38IN5O2. The second-order valence-corrected chi connectivity index (χ2v) is 6.81. The molecule has 4 N–H and O–H groups in total. The molecule has 1 atom stereocenters. The fourth-order valence-electron chi connectivity index (χ4n) is 2.84. The highest BCUT2D eigenvalue weighted by molar-refractivity contribution is 14.0. The Kier molecular flexibility index (Phi) is 15.4. The van der Waals surface area contributed by atoms with Crippen molar-refractivity contribution in [2.45, 2.75) is 53.1 Å². The van der Waals surface area contributed by atoms with E-state index in [-0.39, 0.29) is 30.6 Å². The number of benzene rings is 1. The number of hydrogen-bond donors (Lipinski definition) is 3. The van der Waals surface area contributed by atoms with Crippen molar-refractivity contribution in [2.24, 2.45) is 10.7 Å². The van der Waals surface area contributed by atoms with E-state index < -0.39 is 5.91 Å². The van der Waals surface area contributed by atoms with Crippen molar-refractivity contribution in [2.75, 3.05) is 32.8 Å². The number of nitrogens with two attached hydrogens (primary N) is 1. The van der Waals surface area contributed by atoms with Gasteiger partial charge >= 0.3 is 0 Å². The molecule has 0 saturated heterocycles. The number of nitrogens with one attached hydrogen (secondary N) is 2. The number of carbonyl (C=O) groups excluding carboxylic acids is 1. The van der Waals surface area contributed by atoms with Crippen LogP contribution >= 0.6 is 24.0 Å². The van der Waals surface area contributed by atoms with Crippen LogP contribution in [-0.4, -0.2) is 55.6 Å². The minimum Gasteiger partial charge on any atom is -0.484 e. The van der Waals surface area contributed by atoms with Crippen LogP contribution in [0.3, 0.4) is 0 Å². The van der Waals surface area contributed by atoms with Crippen LogP contribution < -0.4 is 21.1 Å². The van der Waals surface area contributed by atoms with E-state index in [1.807, 2.05) is 18.2 Å². The molecule has 0 bridgehead atoms. The molecule has 0 aliphatic heterocycles. The smallest absolute Gasteiger partial charge is 0.255 e. The Morgan fingerprint density at radius 2 is 2.00 bits per heavy atom. The Balaban J connectivity index is 0.00000784. The number of ether oxygens (including phenoxy) is 1. The molecular weight excluding hydrogens is 481 g/mol. The maximum absolute atomic E-state index is 10.8. The van der Waals surface area contributed by atoms with Crippen molar-refractivity contribution in [1.29, 1.82) is 0 Å². The van der Waals surface area contributed by atoms with Gasteiger partial charge in [0.25, 0.3) is 5.91 Å². The van der Waals surface area contributed by atoms with E-state index in [1.54, 1.807) is 6.07 Å². The number of primary amides is 1. The number of amides is 1. The summed E-state index contributed by atoms with van der Waals surface area (Å²) in [5.41, 5.74) is 6.13. The van der Waals surface area contributed by atoms with Crippen molar-refractivity contribution in [3.8, 4) is 5.75 Å². The predicted molar refractivity (Wildman–Crippen MR) is 131 cm³/mol. The van der Waals surface area contributed by atoms with E-state index in [9.17, 15) is 4.79 Å². The summed E-state index contributed by atoms with van der Waals surface area (Å²) >= 11 is 0. The second kappa shape index (κ2) is 16.3.